The molecule has 0 aliphatic rings. The van der Waals surface area contributed by atoms with Crippen LogP contribution in [0.5, 0.6) is 0 Å². The SMILES string of the molecule is CO[Si](C)(CCCS)O[Si](OC)(OC)c1ccc([Si](C)(C)C)cc1. The Morgan fingerprint density at radius 2 is 1.33 bits per heavy atom. The minimum absolute atomic E-state index is 0.814. The molecule has 138 valence electrons. The van der Waals surface area contributed by atoms with Gasteiger partial charge in [0.05, 0.1) is 8.07 Å². The zero-order valence-electron chi connectivity index (χ0n) is 16.0. The summed E-state index contributed by atoms with van der Waals surface area (Å²) in [6.07, 6.45) is 0.951. The van der Waals surface area contributed by atoms with E-state index in [4.69, 9.17) is 17.4 Å². The third-order valence-electron chi connectivity index (χ3n) is 4.21. The van der Waals surface area contributed by atoms with Crippen LogP contribution in [-0.4, -0.2) is 52.5 Å². The third kappa shape index (κ3) is 5.53. The second-order valence-electron chi connectivity index (χ2n) is 7.06. The first-order valence-electron chi connectivity index (χ1n) is 8.24. The fourth-order valence-electron chi connectivity index (χ4n) is 2.51. The summed E-state index contributed by atoms with van der Waals surface area (Å²) in [5.41, 5.74) is 0. The van der Waals surface area contributed by atoms with Crippen LogP contribution in [0.1, 0.15) is 6.42 Å². The maximum absolute atomic E-state index is 6.48. The number of hydrogen-bond acceptors (Lipinski definition) is 5. The van der Waals surface area contributed by atoms with E-state index in [1.807, 2.05) is 0 Å². The fraction of sp³-hybridized carbons (Fsp3) is 0.625. The van der Waals surface area contributed by atoms with Crippen LogP contribution < -0.4 is 10.4 Å². The Morgan fingerprint density at radius 1 is 0.833 bits per heavy atom. The Hall–Kier alpha value is 0.0606. The smallest absolute Gasteiger partial charge is 0.398 e. The lowest BCUT2D eigenvalue weighted by atomic mass is 10.4. The molecule has 0 spiro atoms. The second kappa shape index (κ2) is 9.13. The van der Waals surface area contributed by atoms with Gasteiger partial charge in [0.15, 0.2) is 0 Å². The first kappa shape index (κ1) is 22.1. The van der Waals surface area contributed by atoms with Gasteiger partial charge in [0, 0.05) is 26.5 Å². The van der Waals surface area contributed by atoms with Crippen molar-refractivity contribution in [3.8, 4) is 0 Å². The Labute approximate surface area is 155 Å². The predicted molar refractivity (Wildman–Crippen MR) is 112 cm³/mol. The average molecular weight is 405 g/mol. The summed E-state index contributed by atoms with van der Waals surface area (Å²) in [6, 6.07) is 9.42. The van der Waals surface area contributed by atoms with Gasteiger partial charge in [0.25, 0.3) is 0 Å². The molecule has 0 aliphatic heterocycles. The summed E-state index contributed by atoms with van der Waals surface area (Å²) >= 11 is 4.30. The lowest BCUT2D eigenvalue weighted by molar-refractivity contribution is 0.151. The molecule has 0 fully saturated rings. The molecule has 0 aromatic heterocycles. The van der Waals surface area contributed by atoms with Crippen molar-refractivity contribution in [2.75, 3.05) is 27.1 Å². The van der Waals surface area contributed by atoms with E-state index in [2.05, 4.69) is 63.1 Å². The minimum atomic E-state index is -2.98. The number of hydrogen-bond donors (Lipinski definition) is 1. The molecule has 0 radical (unpaired) electrons. The first-order valence-corrected chi connectivity index (χ1v) is 16.6. The molecule has 24 heavy (non-hydrogen) atoms. The summed E-state index contributed by atoms with van der Waals surface area (Å²) in [5.74, 6) is 0.814. The molecule has 8 heteroatoms. The molecule has 1 unspecified atom stereocenters. The molecule has 0 saturated heterocycles. The van der Waals surface area contributed by atoms with Gasteiger partial charge in [0.2, 0.25) is 0 Å². The topological polar surface area (TPSA) is 36.9 Å². The van der Waals surface area contributed by atoms with Gasteiger partial charge < -0.3 is 17.4 Å². The molecule has 0 aliphatic carbocycles. The number of thiol groups is 1. The summed E-state index contributed by atoms with van der Waals surface area (Å²) < 4.78 is 23.9. The van der Waals surface area contributed by atoms with Crippen molar-refractivity contribution in [3.63, 3.8) is 0 Å². The molecular formula is C16H32O4SSi3. The van der Waals surface area contributed by atoms with E-state index in [1.54, 1.807) is 21.3 Å². The largest absolute Gasteiger partial charge is 0.527 e. The summed E-state index contributed by atoms with van der Waals surface area (Å²) in [4.78, 5) is 0. The Kier molecular flexibility index (Phi) is 8.41. The van der Waals surface area contributed by atoms with Crippen LogP contribution in [0.15, 0.2) is 24.3 Å². The van der Waals surface area contributed by atoms with Gasteiger partial charge >= 0.3 is 17.4 Å². The van der Waals surface area contributed by atoms with Gasteiger partial charge in [-0.15, -0.1) is 0 Å². The average Bonchev–Trinajstić information content (AvgIpc) is 2.57. The van der Waals surface area contributed by atoms with E-state index >= 15 is 0 Å². The Bertz CT molecular complexity index is 503. The molecular weight excluding hydrogens is 372 g/mol. The molecule has 0 saturated carbocycles. The third-order valence-corrected chi connectivity index (χ3v) is 13.6. The van der Waals surface area contributed by atoms with Gasteiger partial charge in [-0.3, -0.25) is 0 Å². The fourth-order valence-corrected chi connectivity index (χ4v) is 10.5. The maximum Gasteiger partial charge on any atom is 0.527 e. The van der Waals surface area contributed by atoms with Crippen molar-refractivity contribution < 1.29 is 17.4 Å². The maximum atomic E-state index is 6.48. The predicted octanol–water partition coefficient (Wildman–Crippen LogP) is 2.73. The zero-order valence-corrected chi connectivity index (χ0v) is 19.9. The van der Waals surface area contributed by atoms with Crippen molar-refractivity contribution in [2.24, 2.45) is 0 Å². The number of benzene rings is 1. The summed E-state index contributed by atoms with van der Waals surface area (Å²) in [7, 11) is -1.67. The van der Waals surface area contributed by atoms with Crippen LogP contribution in [0.4, 0.5) is 0 Å². The minimum Gasteiger partial charge on any atom is -0.398 e. The van der Waals surface area contributed by atoms with E-state index in [0.717, 1.165) is 23.4 Å². The van der Waals surface area contributed by atoms with E-state index in [9.17, 15) is 0 Å². The molecule has 0 amide bonds. The van der Waals surface area contributed by atoms with Crippen LogP contribution >= 0.6 is 12.6 Å². The lowest BCUT2D eigenvalue weighted by Crippen LogP contribution is -2.62. The Balaban J connectivity index is 3.15. The van der Waals surface area contributed by atoms with Crippen LogP contribution in [0.25, 0.3) is 0 Å². The molecule has 4 nitrogen and oxygen atoms in total. The Morgan fingerprint density at radius 3 is 1.71 bits per heavy atom. The van der Waals surface area contributed by atoms with E-state index in [1.165, 1.54) is 5.19 Å². The first-order chi connectivity index (χ1) is 11.2. The quantitative estimate of drug-likeness (QED) is 0.480. The van der Waals surface area contributed by atoms with E-state index < -0.39 is 25.4 Å². The standard InChI is InChI=1S/C16H32O4SSi3/c1-17-23(7,14-8-13-21)20-24(18-2,19-3)16-11-9-15(10-12-16)22(4,5)6/h9-12,21H,8,13-14H2,1-7H3. The van der Waals surface area contributed by atoms with Crippen LogP contribution in [0, 0.1) is 0 Å². The molecule has 1 aromatic carbocycles. The van der Waals surface area contributed by atoms with Crippen molar-refractivity contribution in [1.82, 2.24) is 0 Å². The highest BCUT2D eigenvalue weighted by atomic mass is 32.1. The second-order valence-corrected chi connectivity index (χ2v) is 19.1. The van der Waals surface area contributed by atoms with Gasteiger partial charge in [0.1, 0.15) is 0 Å². The van der Waals surface area contributed by atoms with Crippen molar-refractivity contribution in [1.29, 1.82) is 0 Å². The summed E-state index contributed by atoms with van der Waals surface area (Å²) in [6.45, 7) is 9.07. The molecule has 1 rings (SSSR count). The van der Waals surface area contributed by atoms with Crippen LogP contribution in [0.2, 0.25) is 32.2 Å². The monoisotopic (exact) mass is 404 g/mol. The molecule has 1 aromatic rings. The van der Waals surface area contributed by atoms with E-state index in [-0.39, 0.29) is 0 Å². The van der Waals surface area contributed by atoms with Gasteiger partial charge in [-0.2, -0.15) is 12.6 Å². The van der Waals surface area contributed by atoms with Crippen LogP contribution in [0.3, 0.4) is 0 Å². The van der Waals surface area contributed by atoms with E-state index in [0.29, 0.717) is 0 Å². The molecule has 0 bridgehead atoms. The van der Waals surface area contributed by atoms with Gasteiger partial charge in [-0.1, -0.05) is 49.1 Å². The molecule has 0 N–H and O–H groups in total. The van der Waals surface area contributed by atoms with Crippen molar-refractivity contribution in [3.05, 3.63) is 24.3 Å². The normalized spacial score (nSPS) is 15.3. The highest BCUT2D eigenvalue weighted by Crippen LogP contribution is 2.22. The number of rotatable bonds is 10. The highest BCUT2D eigenvalue weighted by Gasteiger charge is 2.49. The highest BCUT2D eigenvalue weighted by molar-refractivity contribution is 7.80. The molecule has 0 heterocycles. The molecule has 1 atom stereocenters. The van der Waals surface area contributed by atoms with Crippen LogP contribution in [-0.2, 0) is 17.4 Å². The van der Waals surface area contributed by atoms with Gasteiger partial charge in [-0.25, -0.2) is 0 Å². The zero-order chi connectivity index (χ0) is 18.4. The van der Waals surface area contributed by atoms with Crippen molar-refractivity contribution in [2.45, 2.75) is 38.7 Å². The van der Waals surface area contributed by atoms with Crippen molar-refractivity contribution >= 4 is 48.4 Å². The summed E-state index contributed by atoms with van der Waals surface area (Å²) in [5, 5.41) is 2.39. The van der Waals surface area contributed by atoms with Gasteiger partial charge in [-0.05, 0) is 24.8 Å². The lowest BCUT2D eigenvalue weighted by Gasteiger charge is -2.35.